The monoisotopic (exact) mass is 231 g/mol. The van der Waals surface area contributed by atoms with Crippen LogP contribution < -0.4 is 10.5 Å². The molecule has 0 spiro atoms. The van der Waals surface area contributed by atoms with Crippen molar-refractivity contribution in [2.75, 3.05) is 6.54 Å². The van der Waals surface area contributed by atoms with Gasteiger partial charge in [-0.3, -0.25) is 4.79 Å². The van der Waals surface area contributed by atoms with Gasteiger partial charge < -0.3 is 15.6 Å². The Balaban J connectivity index is 2.92. The van der Waals surface area contributed by atoms with E-state index in [9.17, 15) is 13.6 Å². The fourth-order valence-electron chi connectivity index (χ4n) is 1.29. The van der Waals surface area contributed by atoms with E-state index in [4.69, 9.17) is 10.8 Å². The minimum Gasteiger partial charge on any atom is -0.481 e. The van der Waals surface area contributed by atoms with E-state index in [2.05, 4.69) is 4.74 Å². The van der Waals surface area contributed by atoms with Crippen LogP contribution in [0.3, 0.4) is 0 Å². The zero-order chi connectivity index (χ0) is 12.1. The van der Waals surface area contributed by atoms with Crippen LogP contribution in [0.2, 0.25) is 0 Å². The standard InChI is InChI=1S/C10H11F2NO3/c11-10(12)16-7-3-1-2-6(4-7)8(5-13)9(14)15/h1-4,8,10H,5,13H2,(H,14,15). The molecule has 0 aliphatic rings. The Labute approximate surface area is 90.6 Å². The van der Waals surface area contributed by atoms with E-state index in [0.717, 1.165) is 0 Å². The fraction of sp³-hybridized carbons (Fsp3) is 0.300. The number of alkyl halides is 2. The van der Waals surface area contributed by atoms with Crippen molar-refractivity contribution in [3.05, 3.63) is 29.8 Å². The smallest absolute Gasteiger partial charge is 0.387 e. The van der Waals surface area contributed by atoms with Gasteiger partial charge in [-0.25, -0.2) is 0 Å². The van der Waals surface area contributed by atoms with Gasteiger partial charge in [0.25, 0.3) is 0 Å². The lowest BCUT2D eigenvalue weighted by molar-refractivity contribution is -0.138. The summed E-state index contributed by atoms with van der Waals surface area (Å²) in [6, 6.07) is 5.52. The summed E-state index contributed by atoms with van der Waals surface area (Å²) in [6.45, 7) is -3.04. The summed E-state index contributed by atoms with van der Waals surface area (Å²) in [5, 5.41) is 8.83. The molecule has 0 aliphatic heterocycles. The lowest BCUT2D eigenvalue weighted by Gasteiger charge is -2.11. The molecular formula is C10H11F2NO3. The molecule has 0 bridgehead atoms. The van der Waals surface area contributed by atoms with Crippen molar-refractivity contribution in [1.29, 1.82) is 0 Å². The summed E-state index contributed by atoms with van der Waals surface area (Å²) >= 11 is 0. The largest absolute Gasteiger partial charge is 0.481 e. The molecule has 1 atom stereocenters. The molecule has 0 saturated heterocycles. The van der Waals surface area contributed by atoms with Crippen LogP contribution in [0.1, 0.15) is 11.5 Å². The average molecular weight is 231 g/mol. The van der Waals surface area contributed by atoms with Gasteiger partial charge in [0.1, 0.15) is 5.75 Å². The average Bonchev–Trinajstić information content (AvgIpc) is 2.17. The van der Waals surface area contributed by atoms with Crippen molar-refractivity contribution in [3.8, 4) is 5.75 Å². The van der Waals surface area contributed by atoms with Crippen LogP contribution in [0.25, 0.3) is 0 Å². The van der Waals surface area contributed by atoms with Crippen LogP contribution >= 0.6 is 0 Å². The highest BCUT2D eigenvalue weighted by Gasteiger charge is 2.18. The van der Waals surface area contributed by atoms with Gasteiger partial charge in [-0.05, 0) is 17.7 Å². The topological polar surface area (TPSA) is 72.6 Å². The minimum absolute atomic E-state index is 0.0767. The molecular weight excluding hydrogens is 220 g/mol. The van der Waals surface area contributed by atoms with Crippen LogP contribution in [-0.4, -0.2) is 24.2 Å². The van der Waals surface area contributed by atoms with Gasteiger partial charge in [0.15, 0.2) is 0 Å². The van der Waals surface area contributed by atoms with E-state index in [0.29, 0.717) is 5.56 Å². The fourth-order valence-corrected chi connectivity index (χ4v) is 1.29. The van der Waals surface area contributed by atoms with Crippen LogP contribution in [-0.2, 0) is 4.79 Å². The molecule has 4 nitrogen and oxygen atoms in total. The SMILES string of the molecule is NCC(C(=O)O)c1cccc(OC(F)F)c1. The van der Waals surface area contributed by atoms with Gasteiger partial charge in [-0.1, -0.05) is 12.1 Å². The Morgan fingerprint density at radius 3 is 2.69 bits per heavy atom. The number of benzene rings is 1. The molecule has 0 fully saturated rings. The number of hydrogen-bond donors (Lipinski definition) is 2. The molecule has 0 saturated carbocycles. The highest BCUT2D eigenvalue weighted by molar-refractivity contribution is 5.76. The predicted molar refractivity (Wildman–Crippen MR) is 52.5 cm³/mol. The first-order valence-electron chi connectivity index (χ1n) is 4.52. The van der Waals surface area contributed by atoms with Crippen molar-refractivity contribution in [1.82, 2.24) is 0 Å². The van der Waals surface area contributed by atoms with Gasteiger partial charge in [0, 0.05) is 6.54 Å². The first-order valence-corrected chi connectivity index (χ1v) is 4.52. The van der Waals surface area contributed by atoms with E-state index in [1.165, 1.54) is 24.3 Å². The number of carboxylic acid groups (broad SMARTS) is 1. The van der Waals surface area contributed by atoms with E-state index in [1.54, 1.807) is 0 Å². The van der Waals surface area contributed by atoms with Gasteiger partial charge in [0.2, 0.25) is 0 Å². The number of carboxylic acids is 1. The summed E-state index contributed by atoms with van der Waals surface area (Å²) in [6.07, 6.45) is 0. The molecule has 1 unspecified atom stereocenters. The Bertz CT molecular complexity index is 371. The molecule has 1 aromatic carbocycles. The van der Waals surface area contributed by atoms with Crippen molar-refractivity contribution in [3.63, 3.8) is 0 Å². The van der Waals surface area contributed by atoms with E-state index >= 15 is 0 Å². The zero-order valence-corrected chi connectivity index (χ0v) is 8.27. The third kappa shape index (κ3) is 3.16. The maximum absolute atomic E-state index is 11.9. The van der Waals surface area contributed by atoms with Crippen molar-refractivity contribution in [2.24, 2.45) is 5.73 Å². The van der Waals surface area contributed by atoms with Crippen LogP contribution in [0, 0.1) is 0 Å². The normalized spacial score (nSPS) is 12.5. The summed E-state index contributed by atoms with van der Waals surface area (Å²) in [7, 11) is 0. The van der Waals surface area contributed by atoms with Gasteiger partial charge in [-0.2, -0.15) is 8.78 Å². The van der Waals surface area contributed by atoms with E-state index in [1.807, 2.05) is 0 Å². The molecule has 0 aromatic heterocycles. The van der Waals surface area contributed by atoms with Gasteiger partial charge in [0.05, 0.1) is 5.92 Å². The predicted octanol–water partition coefficient (Wildman–Crippen LogP) is 1.41. The van der Waals surface area contributed by atoms with Crippen LogP contribution in [0.15, 0.2) is 24.3 Å². The van der Waals surface area contributed by atoms with Crippen molar-refractivity contribution < 1.29 is 23.4 Å². The van der Waals surface area contributed by atoms with Crippen LogP contribution in [0.5, 0.6) is 5.75 Å². The number of aliphatic carboxylic acids is 1. The Morgan fingerprint density at radius 2 is 2.19 bits per heavy atom. The number of halogens is 2. The molecule has 0 aliphatic carbocycles. The number of hydrogen-bond acceptors (Lipinski definition) is 3. The lowest BCUT2D eigenvalue weighted by atomic mass is 9.99. The Kier molecular flexibility index (Phi) is 4.19. The van der Waals surface area contributed by atoms with Gasteiger partial charge in [-0.15, -0.1) is 0 Å². The maximum Gasteiger partial charge on any atom is 0.387 e. The number of nitrogens with two attached hydrogens (primary N) is 1. The highest BCUT2D eigenvalue weighted by Crippen LogP contribution is 2.21. The second-order valence-electron chi connectivity index (χ2n) is 3.08. The number of rotatable bonds is 5. The number of ether oxygens (including phenoxy) is 1. The quantitative estimate of drug-likeness (QED) is 0.803. The zero-order valence-electron chi connectivity index (χ0n) is 8.27. The lowest BCUT2D eigenvalue weighted by Crippen LogP contribution is -2.21. The Hall–Kier alpha value is -1.69. The first kappa shape index (κ1) is 12.4. The molecule has 88 valence electrons. The van der Waals surface area contributed by atoms with Crippen molar-refractivity contribution >= 4 is 5.97 Å². The molecule has 1 rings (SSSR count). The highest BCUT2D eigenvalue weighted by atomic mass is 19.3. The summed E-state index contributed by atoms with van der Waals surface area (Å²) < 4.78 is 28.0. The molecule has 1 aromatic rings. The summed E-state index contributed by atoms with van der Waals surface area (Å²) in [5.74, 6) is -2.09. The van der Waals surface area contributed by atoms with Gasteiger partial charge >= 0.3 is 12.6 Å². The first-order chi connectivity index (χ1) is 7.54. The minimum atomic E-state index is -2.93. The summed E-state index contributed by atoms with van der Waals surface area (Å²) in [5.41, 5.74) is 5.63. The number of carbonyl (C=O) groups is 1. The van der Waals surface area contributed by atoms with Crippen LogP contribution in [0.4, 0.5) is 8.78 Å². The second-order valence-corrected chi connectivity index (χ2v) is 3.08. The maximum atomic E-state index is 11.9. The Morgan fingerprint density at radius 1 is 1.50 bits per heavy atom. The third-order valence-corrected chi connectivity index (χ3v) is 2.02. The molecule has 16 heavy (non-hydrogen) atoms. The molecule has 0 radical (unpaired) electrons. The van der Waals surface area contributed by atoms with E-state index < -0.39 is 18.5 Å². The molecule has 3 N–H and O–H groups in total. The second kappa shape index (κ2) is 5.41. The van der Waals surface area contributed by atoms with Crippen molar-refractivity contribution in [2.45, 2.75) is 12.5 Å². The summed E-state index contributed by atoms with van der Waals surface area (Å²) in [4.78, 5) is 10.8. The molecule has 6 heteroatoms. The third-order valence-electron chi connectivity index (χ3n) is 2.02. The van der Waals surface area contributed by atoms with E-state index in [-0.39, 0.29) is 12.3 Å². The molecule has 0 heterocycles. The molecule has 0 amide bonds.